The molecule has 1 aromatic carbocycles. The van der Waals surface area contributed by atoms with E-state index in [1.807, 2.05) is 24.3 Å². The van der Waals surface area contributed by atoms with Gasteiger partial charge in [0, 0.05) is 5.92 Å². The summed E-state index contributed by atoms with van der Waals surface area (Å²) in [6.45, 7) is 1.90. The molecule has 1 aliphatic carbocycles. The SMILES string of the molecule is CC1Oc2ccccc2N(CC(=O)C2CCCC2)C1=O. The van der Waals surface area contributed by atoms with E-state index in [2.05, 4.69) is 0 Å². The molecule has 1 aliphatic heterocycles. The molecule has 0 N–H and O–H groups in total. The van der Waals surface area contributed by atoms with Crippen molar-refractivity contribution < 1.29 is 14.3 Å². The zero-order valence-electron chi connectivity index (χ0n) is 11.7. The van der Waals surface area contributed by atoms with E-state index in [4.69, 9.17) is 4.74 Å². The summed E-state index contributed by atoms with van der Waals surface area (Å²) >= 11 is 0. The zero-order valence-corrected chi connectivity index (χ0v) is 11.7. The number of ketones is 1. The first kappa shape index (κ1) is 13.2. The second-order valence-corrected chi connectivity index (χ2v) is 5.60. The highest BCUT2D eigenvalue weighted by molar-refractivity contribution is 6.04. The van der Waals surface area contributed by atoms with Gasteiger partial charge >= 0.3 is 0 Å². The highest BCUT2D eigenvalue weighted by atomic mass is 16.5. The van der Waals surface area contributed by atoms with E-state index in [9.17, 15) is 9.59 Å². The number of carbonyl (C=O) groups excluding carboxylic acids is 2. The molecule has 0 bridgehead atoms. The van der Waals surface area contributed by atoms with Crippen LogP contribution < -0.4 is 9.64 Å². The van der Waals surface area contributed by atoms with E-state index in [1.165, 1.54) is 0 Å². The van der Waals surface area contributed by atoms with Crippen LogP contribution in [-0.2, 0) is 9.59 Å². The Morgan fingerprint density at radius 2 is 2.00 bits per heavy atom. The topological polar surface area (TPSA) is 46.6 Å². The third kappa shape index (κ3) is 2.30. The Balaban J connectivity index is 1.83. The number of fused-ring (bicyclic) bond motifs is 1. The second-order valence-electron chi connectivity index (χ2n) is 5.60. The van der Waals surface area contributed by atoms with Crippen molar-refractivity contribution in [1.29, 1.82) is 0 Å². The van der Waals surface area contributed by atoms with Crippen molar-refractivity contribution in [1.82, 2.24) is 0 Å². The van der Waals surface area contributed by atoms with Crippen LogP contribution in [0.15, 0.2) is 24.3 Å². The van der Waals surface area contributed by atoms with Crippen LogP contribution in [0.1, 0.15) is 32.6 Å². The molecule has 0 spiro atoms. The molecule has 4 heteroatoms. The fraction of sp³-hybridized carbons (Fsp3) is 0.500. The van der Waals surface area contributed by atoms with Gasteiger partial charge in [0.05, 0.1) is 12.2 Å². The number of amides is 1. The fourth-order valence-corrected chi connectivity index (χ4v) is 3.05. The van der Waals surface area contributed by atoms with Crippen molar-refractivity contribution in [3.05, 3.63) is 24.3 Å². The van der Waals surface area contributed by atoms with Crippen LogP contribution in [0.25, 0.3) is 0 Å². The Morgan fingerprint density at radius 3 is 2.75 bits per heavy atom. The molecular weight excluding hydrogens is 254 g/mol. The fourth-order valence-electron chi connectivity index (χ4n) is 3.05. The van der Waals surface area contributed by atoms with Crippen molar-refractivity contribution in [2.75, 3.05) is 11.4 Å². The first-order chi connectivity index (χ1) is 9.66. The minimum Gasteiger partial charge on any atom is -0.479 e. The van der Waals surface area contributed by atoms with Crippen LogP contribution in [0.3, 0.4) is 0 Å². The summed E-state index contributed by atoms with van der Waals surface area (Å²) in [5, 5.41) is 0. The van der Waals surface area contributed by atoms with Crippen LogP contribution in [0.2, 0.25) is 0 Å². The van der Waals surface area contributed by atoms with Crippen molar-refractivity contribution >= 4 is 17.4 Å². The van der Waals surface area contributed by atoms with E-state index in [0.717, 1.165) is 25.7 Å². The van der Waals surface area contributed by atoms with Crippen LogP contribution in [-0.4, -0.2) is 24.3 Å². The number of benzene rings is 1. The number of ether oxygens (including phenoxy) is 1. The summed E-state index contributed by atoms with van der Waals surface area (Å²) in [7, 11) is 0. The van der Waals surface area contributed by atoms with Gasteiger partial charge in [0.1, 0.15) is 5.75 Å². The number of anilines is 1. The molecule has 1 atom stereocenters. The molecule has 1 saturated carbocycles. The first-order valence-electron chi connectivity index (χ1n) is 7.26. The molecular formula is C16H19NO3. The highest BCUT2D eigenvalue weighted by Gasteiger charge is 2.34. The molecule has 1 aromatic rings. The third-order valence-electron chi connectivity index (χ3n) is 4.20. The second kappa shape index (κ2) is 5.27. The quantitative estimate of drug-likeness (QED) is 0.850. The average molecular weight is 273 g/mol. The molecule has 0 radical (unpaired) electrons. The lowest BCUT2D eigenvalue weighted by Crippen LogP contribution is -2.47. The number of hydrogen-bond donors (Lipinski definition) is 0. The minimum atomic E-state index is -0.527. The van der Waals surface area contributed by atoms with Crippen LogP contribution in [0.5, 0.6) is 5.75 Å². The largest absolute Gasteiger partial charge is 0.479 e. The average Bonchev–Trinajstić information content (AvgIpc) is 2.98. The smallest absolute Gasteiger partial charge is 0.268 e. The Kier molecular flexibility index (Phi) is 3.47. The number of para-hydroxylation sites is 2. The maximum atomic E-state index is 12.3. The molecule has 3 rings (SSSR count). The zero-order chi connectivity index (χ0) is 14.1. The molecule has 106 valence electrons. The van der Waals surface area contributed by atoms with Crippen LogP contribution in [0.4, 0.5) is 5.69 Å². The Labute approximate surface area is 118 Å². The number of carbonyl (C=O) groups is 2. The summed E-state index contributed by atoms with van der Waals surface area (Å²) in [5.41, 5.74) is 0.710. The molecule has 20 heavy (non-hydrogen) atoms. The van der Waals surface area contributed by atoms with Gasteiger partial charge in [-0.3, -0.25) is 14.5 Å². The summed E-state index contributed by atoms with van der Waals surface area (Å²) < 4.78 is 5.58. The van der Waals surface area contributed by atoms with Gasteiger partial charge < -0.3 is 4.74 Å². The van der Waals surface area contributed by atoms with Gasteiger partial charge in [-0.2, -0.15) is 0 Å². The summed E-state index contributed by atoms with van der Waals surface area (Å²) in [6.07, 6.45) is 3.66. The lowest BCUT2D eigenvalue weighted by Gasteiger charge is -2.33. The lowest BCUT2D eigenvalue weighted by atomic mass is 10.0. The number of nitrogens with zero attached hydrogens (tertiary/aromatic N) is 1. The molecule has 0 saturated heterocycles. The number of rotatable bonds is 3. The summed E-state index contributed by atoms with van der Waals surface area (Å²) in [4.78, 5) is 26.2. The number of hydrogen-bond acceptors (Lipinski definition) is 3. The van der Waals surface area contributed by atoms with Crippen molar-refractivity contribution in [3.63, 3.8) is 0 Å². The van der Waals surface area contributed by atoms with E-state index in [1.54, 1.807) is 11.8 Å². The van der Waals surface area contributed by atoms with E-state index < -0.39 is 6.10 Å². The first-order valence-corrected chi connectivity index (χ1v) is 7.26. The third-order valence-corrected chi connectivity index (χ3v) is 4.20. The van der Waals surface area contributed by atoms with Gasteiger partial charge in [0.2, 0.25) is 0 Å². The molecule has 1 amide bonds. The predicted molar refractivity (Wildman–Crippen MR) is 75.9 cm³/mol. The van der Waals surface area contributed by atoms with Gasteiger partial charge in [-0.25, -0.2) is 0 Å². The maximum absolute atomic E-state index is 12.3. The molecule has 1 unspecified atom stereocenters. The summed E-state index contributed by atoms with van der Waals surface area (Å²) in [5.74, 6) is 0.863. The summed E-state index contributed by atoms with van der Waals surface area (Å²) in [6, 6.07) is 7.41. The molecule has 0 aromatic heterocycles. The Hall–Kier alpha value is -1.84. The van der Waals surface area contributed by atoms with Crippen molar-refractivity contribution in [3.8, 4) is 5.75 Å². The van der Waals surface area contributed by atoms with Crippen LogP contribution >= 0.6 is 0 Å². The predicted octanol–water partition coefficient (Wildman–Crippen LogP) is 2.56. The lowest BCUT2D eigenvalue weighted by molar-refractivity contribution is -0.128. The van der Waals surface area contributed by atoms with Gasteiger partial charge in [-0.05, 0) is 31.9 Å². The van der Waals surface area contributed by atoms with Gasteiger partial charge in [-0.1, -0.05) is 25.0 Å². The van der Waals surface area contributed by atoms with Crippen molar-refractivity contribution in [2.45, 2.75) is 38.7 Å². The normalized spacial score (nSPS) is 22.6. The van der Waals surface area contributed by atoms with Crippen LogP contribution in [0, 0.1) is 5.92 Å². The molecule has 2 aliphatic rings. The number of Topliss-reactive ketones (excluding diaryl/α,β-unsaturated/α-hetero) is 1. The standard InChI is InChI=1S/C16H19NO3/c1-11-16(19)17(10-14(18)12-6-2-3-7-12)13-8-4-5-9-15(13)20-11/h4-5,8-9,11-12H,2-3,6-7,10H2,1H3. The molecule has 1 heterocycles. The maximum Gasteiger partial charge on any atom is 0.268 e. The van der Waals surface area contributed by atoms with E-state index in [-0.39, 0.29) is 24.2 Å². The highest BCUT2D eigenvalue weighted by Crippen LogP contribution is 2.34. The Bertz CT molecular complexity index is 534. The molecule has 1 fully saturated rings. The monoisotopic (exact) mass is 273 g/mol. The van der Waals surface area contributed by atoms with E-state index in [0.29, 0.717) is 11.4 Å². The van der Waals surface area contributed by atoms with Gasteiger partial charge in [0.25, 0.3) is 5.91 Å². The van der Waals surface area contributed by atoms with E-state index >= 15 is 0 Å². The minimum absolute atomic E-state index is 0.130. The van der Waals surface area contributed by atoms with Crippen molar-refractivity contribution in [2.24, 2.45) is 5.92 Å². The van der Waals surface area contributed by atoms with Gasteiger partial charge in [0.15, 0.2) is 11.9 Å². The molecule has 4 nitrogen and oxygen atoms in total. The Morgan fingerprint density at radius 1 is 1.30 bits per heavy atom. The van der Waals surface area contributed by atoms with Gasteiger partial charge in [-0.15, -0.1) is 0 Å².